The first-order valence-corrected chi connectivity index (χ1v) is 7.28. The molecule has 7 nitrogen and oxygen atoms in total. The van der Waals surface area contributed by atoms with Crippen molar-refractivity contribution in [2.75, 3.05) is 19.0 Å². The Balaban J connectivity index is 1.90. The van der Waals surface area contributed by atoms with Crippen molar-refractivity contribution < 1.29 is 19.1 Å². The van der Waals surface area contributed by atoms with Gasteiger partial charge < -0.3 is 15.4 Å². The van der Waals surface area contributed by atoms with Gasteiger partial charge in [0.2, 0.25) is 0 Å². The van der Waals surface area contributed by atoms with Gasteiger partial charge in [0.25, 0.3) is 11.8 Å². The van der Waals surface area contributed by atoms with Crippen LogP contribution in [0.1, 0.15) is 20.7 Å². The van der Waals surface area contributed by atoms with Crippen LogP contribution in [0.4, 0.5) is 5.69 Å². The highest BCUT2D eigenvalue weighted by molar-refractivity contribution is 6.29. The number of ether oxygens (including phenoxy) is 1. The smallest absolute Gasteiger partial charge is 0.340 e. The second-order valence-corrected chi connectivity index (χ2v) is 5.04. The Morgan fingerprint density at radius 1 is 1.17 bits per heavy atom. The van der Waals surface area contributed by atoms with Crippen molar-refractivity contribution in [2.24, 2.45) is 0 Å². The lowest BCUT2D eigenvalue weighted by molar-refractivity contribution is -0.119. The lowest BCUT2D eigenvalue weighted by atomic mass is 10.2. The molecule has 2 N–H and O–H groups in total. The Morgan fingerprint density at radius 3 is 2.62 bits per heavy atom. The minimum Gasteiger partial charge on any atom is -0.452 e. The number of nitrogens with one attached hydrogen (secondary N) is 2. The molecule has 0 aliphatic rings. The zero-order valence-corrected chi connectivity index (χ0v) is 13.5. The standard InChI is InChI=1S/C16H14ClN3O4/c1-18-15(22)10-3-2-4-12(7-10)20-14(21)9-24-16(23)11-5-6-13(17)19-8-11/h2-8H,9H2,1H3,(H,18,22)(H,20,21). The van der Waals surface area contributed by atoms with Crippen LogP contribution in [-0.2, 0) is 9.53 Å². The van der Waals surface area contributed by atoms with Gasteiger partial charge in [-0.15, -0.1) is 0 Å². The van der Waals surface area contributed by atoms with E-state index < -0.39 is 18.5 Å². The summed E-state index contributed by atoms with van der Waals surface area (Å²) in [5.74, 6) is -1.49. The fraction of sp³-hybridized carbons (Fsp3) is 0.125. The third kappa shape index (κ3) is 4.79. The molecule has 0 aliphatic carbocycles. The third-order valence-electron chi connectivity index (χ3n) is 2.93. The average molecular weight is 348 g/mol. The molecule has 124 valence electrons. The molecule has 1 aromatic carbocycles. The van der Waals surface area contributed by atoms with Crippen LogP contribution in [0.5, 0.6) is 0 Å². The number of carbonyl (C=O) groups is 3. The van der Waals surface area contributed by atoms with Gasteiger partial charge in [0, 0.05) is 24.5 Å². The number of carbonyl (C=O) groups excluding carboxylic acids is 3. The third-order valence-corrected chi connectivity index (χ3v) is 3.16. The summed E-state index contributed by atoms with van der Waals surface area (Å²) in [5, 5.41) is 5.28. The molecule has 1 heterocycles. The molecule has 0 saturated heterocycles. The molecular formula is C16H14ClN3O4. The van der Waals surface area contributed by atoms with Crippen LogP contribution in [0.3, 0.4) is 0 Å². The monoisotopic (exact) mass is 347 g/mol. The summed E-state index contributed by atoms with van der Waals surface area (Å²) in [6.45, 7) is -0.467. The van der Waals surface area contributed by atoms with Crippen molar-refractivity contribution >= 4 is 35.1 Å². The molecule has 0 atom stereocenters. The van der Waals surface area contributed by atoms with Crippen molar-refractivity contribution in [1.29, 1.82) is 0 Å². The van der Waals surface area contributed by atoms with E-state index in [1.54, 1.807) is 18.2 Å². The molecule has 0 fully saturated rings. The predicted octanol–water partition coefficient (Wildman–Crippen LogP) is 1.89. The van der Waals surface area contributed by atoms with Crippen molar-refractivity contribution in [3.05, 3.63) is 58.9 Å². The lowest BCUT2D eigenvalue weighted by Gasteiger charge is -2.08. The summed E-state index contributed by atoms with van der Waals surface area (Å²) in [6, 6.07) is 9.27. The molecule has 8 heteroatoms. The Bertz CT molecular complexity index is 762. The molecule has 1 aromatic heterocycles. The van der Waals surface area contributed by atoms with E-state index in [0.29, 0.717) is 11.3 Å². The molecule has 24 heavy (non-hydrogen) atoms. The molecule has 0 saturated carbocycles. The maximum atomic E-state index is 11.8. The molecule has 0 unspecified atom stereocenters. The topological polar surface area (TPSA) is 97.4 Å². The van der Waals surface area contributed by atoms with Crippen molar-refractivity contribution in [1.82, 2.24) is 10.3 Å². The predicted molar refractivity (Wildman–Crippen MR) is 88.0 cm³/mol. The van der Waals surface area contributed by atoms with Crippen LogP contribution in [0.2, 0.25) is 5.15 Å². The summed E-state index contributed by atoms with van der Waals surface area (Å²) in [5.41, 5.74) is 1.01. The first-order chi connectivity index (χ1) is 11.5. The van der Waals surface area contributed by atoms with Gasteiger partial charge in [-0.2, -0.15) is 0 Å². The Hall–Kier alpha value is -2.93. The van der Waals surface area contributed by atoms with Gasteiger partial charge in [-0.1, -0.05) is 17.7 Å². The summed E-state index contributed by atoms with van der Waals surface area (Å²) in [6.07, 6.45) is 1.26. The van der Waals surface area contributed by atoms with E-state index in [1.807, 2.05) is 0 Å². The Morgan fingerprint density at radius 2 is 1.96 bits per heavy atom. The first kappa shape index (κ1) is 17.4. The van der Waals surface area contributed by atoms with Crippen LogP contribution < -0.4 is 10.6 Å². The van der Waals surface area contributed by atoms with Crippen LogP contribution in [-0.4, -0.2) is 36.4 Å². The highest BCUT2D eigenvalue weighted by atomic mass is 35.5. The number of pyridine rings is 1. The Kier molecular flexibility index (Phi) is 5.86. The summed E-state index contributed by atoms with van der Waals surface area (Å²) in [7, 11) is 1.51. The summed E-state index contributed by atoms with van der Waals surface area (Å²) in [4.78, 5) is 38.9. The molecule has 0 aliphatic heterocycles. The van der Waals surface area contributed by atoms with Crippen molar-refractivity contribution in [3.63, 3.8) is 0 Å². The maximum absolute atomic E-state index is 11.8. The Labute approximate surface area is 143 Å². The van der Waals surface area contributed by atoms with E-state index in [1.165, 1.54) is 31.4 Å². The van der Waals surface area contributed by atoms with Crippen molar-refractivity contribution in [3.8, 4) is 0 Å². The SMILES string of the molecule is CNC(=O)c1cccc(NC(=O)COC(=O)c2ccc(Cl)nc2)c1. The zero-order valence-electron chi connectivity index (χ0n) is 12.7. The van der Waals surface area contributed by atoms with Gasteiger partial charge in [0.15, 0.2) is 6.61 Å². The van der Waals surface area contributed by atoms with Crippen LogP contribution >= 0.6 is 11.6 Å². The minimum atomic E-state index is -0.687. The minimum absolute atomic E-state index is 0.189. The quantitative estimate of drug-likeness (QED) is 0.636. The van der Waals surface area contributed by atoms with Crippen LogP contribution in [0.15, 0.2) is 42.6 Å². The number of aromatic nitrogens is 1. The van der Waals surface area contributed by atoms with E-state index in [2.05, 4.69) is 15.6 Å². The summed E-state index contributed by atoms with van der Waals surface area (Å²) >= 11 is 5.62. The summed E-state index contributed by atoms with van der Waals surface area (Å²) < 4.78 is 4.89. The van der Waals surface area contributed by atoms with E-state index in [9.17, 15) is 14.4 Å². The van der Waals surface area contributed by atoms with Gasteiger partial charge in [-0.05, 0) is 30.3 Å². The van der Waals surface area contributed by atoms with E-state index >= 15 is 0 Å². The molecular weight excluding hydrogens is 334 g/mol. The first-order valence-electron chi connectivity index (χ1n) is 6.90. The average Bonchev–Trinajstić information content (AvgIpc) is 2.59. The highest BCUT2D eigenvalue weighted by Gasteiger charge is 2.11. The van der Waals surface area contributed by atoms with E-state index in [4.69, 9.17) is 16.3 Å². The molecule has 2 rings (SSSR count). The number of rotatable bonds is 5. The maximum Gasteiger partial charge on any atom is 0.340 e. The largest absolute Gasteiger partial charge is 0.452 e. The highest BCUT2D eigenvalue weighted by Crippen LogP contribution is 2.11. The number of esters is 1. The van der Waals surface area contributed by atoms with Gasteiger partial charge in [-0.25, -0.2) is 9.78 Å². The lowest BCUT2D eigenvalue weighted by Crippen LogP contribution is -2.22. The van der Waals surface area contributed by atoms with Crippen molar-refractivity contribution in [2.45, 2.75) is 0 Å². The number of anilines is 1. The normalized spacial score (nSPS) is 9.92. The van der Waals surface area contributed by atoms with E-state index in [-0.39, 0.29) is 16.6 Å². The number of nitrogens with zero attached hydrogens (tertiary/aromatic N) is 1. The van der Waals surface area contributed by atoms with Gasteiger partial charge in [0.1, 0.15) is 5.15 Å². The molecule has 2 amide bonds. The van der Waals surface area contributed by atoms with Crippen LogP contribution in [0, 0.1) is 0 Å². The molecule has 0 radical (unpaired) electrons. The number of amides is 2. The number of benzene rings is 1. The molecule has 0 bridgehead atoms. The molecule has 2 aromatic rings. The second kappa shape index (κ2) is 8.07. The second-order valence-electron chi connectivity index (χ2n) is 4.65. The van der Waals surface area contributed by atoms with E-state index in [0.717, 1.165) is 0 Å². The van der Waals surface area contributed by atoms with Gasteiger partial charge >= 0.3 is 5.97 Å². The fourth-order valence-corrected chi connectivity index (χ4v) is 1.90. The molecule has 0 spiro atoms. The van der Waals surface area contributed by atoms with Crippen LogP contribution in [0.25, 0.3) is 0 Å². The number of halogens is 1. The van der Waals surface area contributed by atoms with Gasteiger partial charge in [0.05, 0.1) is 5.56 Å². The van der Waals surface area contributed by atoms with Gasteiger partial charge in [-0.3, -0.25) is 9.59 Å². The fourth-order valence-electron chi connectivity index (χ4n) is 1.79. The number of hydrogen-bond acceptors (Lipinski definition) is 5. The zero-order chi connectivity index (χ0) is 17.5. The number of hydrogen-bond donors (Lipinski definition) is 2.